The maximum Gasteiger partial charge on any atom is 0.127 e. The van der Waals surface area contributed by atoms with Crippen molar-refractivity contribution in [2.75, 3.05) is 0 Å². The van der Waals surface area contributed by atoms with E-state index in [1.54, 1.807) is 6.07 Å². The first-order valence-corrected chi connectivity index (χ1v) is 4.06. The quantitative estimate of drug-likeness (QED) is 0.719. The smallest absolute Gasteiger partial charge is 0.127 e. The average molecular weight is 168 g/mol. The Labute approximate surface area is 71.9 Å². The zero-order valence-corrected chi connectivity index (χ0v) is 7.34. The summed E-state index contributed by atoms with van der Waals surface area (Å²) in [6, 6.07) is 4.17. The zero-order valence-electron chi connectivity index (χ0n) is 7.34. The predicted octanol–water partition coefficient (Wildman–Crippen LogP) is 2.73. The van der Waals surface area contributed by atoms with Crippen molar-refractivity contribution in [2.45, 2.75) is 20.3 Å². The molecule has 1 N–H and O–H groups in total. The number of rotatable bonds is 2. The molecular formula is C10H13FO. The lowest BCUT2D eigenvalue weighted by Crippen LogP contribution is -1.94. The first kappa shape index (κ1) is 9.04. The molecule has 0 heterocycles. The minimum atomic E-state index is -0.370. The van der Waals surface area contributed by atoms with Crippen molar-refractivity contribution in [1.82, 2.24) is 0 Å². The van der Waals surface area contributed by atoms with Crippen LogP contribution in [0.3, 0.4) is 0 Å². The van der Waals surface area contributed by atoms with Gasteiger partial charge < -0.3 is 5.11 Å². The number of phenols is 1. The van der Waals surface area contributed by atoms with E-state index >= 15 is 0 Å². The topological polar surface area (TPSA) is 20.2 Å². The summed E-state index contributed by atoms with van der Waals surface area (Å²) < 4.78 is 12.7. The largest absolute Gasteiger partial charge is 0.508 e. The van der Waals surface area contributed by atoms with Crippen LogP contribution in [0.5, 0.6) is 5.75 Å². The van der Waals surface area contributed by atoms with Gasteiger partial charge in [-0.25, -0.2) is 4.39 Å². The summed E-state index contributed by atoms with van der Waals surface area (Å²) in [5.74, 6) is 0.113. The molecule has 0 aliphatic heterocycles. The molecule has 0 atom stereocenters. The Kier molecular flexibility index (Phi) is 2.69. The Balaban J connectivity index is 2.85. The van der Waals surface area contributed by atoms with Crippen LogP contribution >= 0.6 is 0 Å². The predicted molar refractivity (Wildman–Crippen MR) is 46.6 cm³/mol. The molecule has 0 aliphatic rings. The van der Waals surface area contributed by atoms with E-state index in [1.807, 2.05) is 0 Å². The van der Waals surface area contributed by atoms with Crippen molar-refractivity contribution in [3.63, 3.8) is 0 Å². The van der Waals surface area contributed by atoms with Crippen molar-refractivity contribution < 1.29 is 9.50 Å². The molecule has 1 aromatic carbocycles. The van der Waals surface area contributed by atoms with Gasteiger partial charge in [-0.3, -0.25) is 0 Å². The summed E-state index contributed by atoms with van der Waals surface area (Å²) in [5, 5.41) is 9.07. The molecule has 1 nitrogen and oxygen atoms in total. The molecule has 12 heavy (non-hydrogen) atoms. The molecule has 0 fully saturated rings. The van der Waals surface area contributed by atoms with Gasteiger partial charge in [-0.15, -0.1) is 0 Å². The van der Waals surface area contributed by atoms with Crippen LogP contribution in [0.1, 0.15) is 19.4 Å². The maximum absolute atomic E-state index is 12.7. The molecule has 2 heteroatoms. The Morgan fingerprint density at radius 3 is 2.50 bits per heavy atom. The van der Waals surface area contributed by atoms with Crippen LogP contribution in [-0.2, 0) is 6.42 Å². The molecular weight excluding hydrogens is 155 g/mol. The SMILES string of the molecule is CC(C)Cc1cc(O)cc(F)c1. The van der Waals surface area contributed by atoms with E-state index in [0.29, 0.717) is 5.92 Å². The Morgan fingerprint density at radius 1 is 1.33 bits per heavy atom. The number of aromatic hydroxyl groups is 1. The molecule has 0 saturated heterocycles. The van der Waals surface area contributed by atoms with Gasteiger partial charge in [0.25, 0.3) is 0 Å². The van der Waals surface area contributed by atoms with Gasteiger partial charge in [-0.1, -0.05) is 13.8 Å². The normalized spacial score (nSPS) is 10.7. The minimum absolute atomic E-state index is 0.00523. The molecule has 1 aromatic rings. The molecule has 0 aromatic heterocycles. The standard InChI is InChI=1S/C10H13FO/c1-7(2)3-8-4-9(11)6-10(12)5-8/h4-7,12H,3H2,1-2H3. The monoisotopic (exact) mass is 168 g/mol. The van der Waals surface area contributed by atoms with Crippen LogP contribution in [0, 0.1) is 11.7 Å². The summed E-state index contributed by atoms with van der Waals surface area (Å²) in [6.45, 7) is 4.11. The number of halogens is 1. The van der Waals surface area contributed by atoms with Crippen LogP contribution in [0.4, 0.5) is 4.39 Å². The number of hydrogen-bond acceptors (Lipinski definition) is 1. The molecule has 0 aliphatic carbocycles. The third-order valence-corrected chi connectivity index (χ3v) is 1.59. The van der Waals surface area contributed by atoms with E-state index in [2.05, 4.69) is 13.8 Å². The van der Waals surface area contributed by atoms with Gasteiger partial charge in [0, 0.05) is 6.07 Å². The molecule has 0 spiro atoms. The molecule has 0 bridgehead atoms. The van der Waals surface area contributed by atoms with E-state index in [-0.39, 0.29) is 11.6 Å². The number of hydrogen-bond donors (Lipinski definition) is 1. The Morgan fingerprint density at radius 2 is 2.00 bits per heavy atom. The highest BCUT2D eigenvalue weighted by atomic mass is 19.1. The van der Waals surface area contributed by atoms with E-state index in [9.17, 15) is 4.39 Å². The lowest BCUT2D eigenvalue weighted by molar-refractivity contribution is 0.467. The lowest BCUT2D eigenvalue weighted by atomic mass is 10.0. The van der Waals surface area contributed by atoms with Gasteiger partial charge in [0.2, 0.25) is 0 Å². The number of benzene rings is 1. The van der Waals surface area contributed by atoms with E-state index in [1.165, 1.54) is 6.07 Å². The van der Waals surface area contributed by atoms with Crippen LogP contribution in [0.2, 0.25) is 0 Å². The minimum Gasteiger partial charge on any atom is -0.508 e. The van der Waals surface area contributed by atoms with E-state index in [0.717, 1.165) is 18.1 Å². The maximum atomic E-state index is 12.7. The second-order valence-corrected chi connectivity index (χ2v) is 3.42. The lowest BCUT2D eigenvalue weighted by Gasteiger charge is -2.05. The van der Waals surface area contributed by atoms with Crippen LogP contribution in [0.15, 0.2) is 18.2 Å². The highest BCUT2D eigenvalue weighted by molar-refractivity contribution is 5.28. The fourth-order valence-electron chi connectivity index (χ4n) is 1.22. The average Bonchev–Trinajstić information content (AvgIpc) is 1.81. The molecule has 0 radical (unpaired) electrons. The molecule has 0 unspecified atom stereocenters. The third kappa shape index (κ3) is 2.53. The molecule has 1 rings (SSSR count). The van der Waals surface area contributed by atoms with E-state index < -0.39 is 0 Å². The Bertz CT molecular complexity index is 248. The second kappa shape index (κ2) is 3.57. The van der Waals surface area contributed by atoms with Gasteiger partial charge in [0.1, 0.15) is 11.6 Å². The first-order valence-electron chi connectivity index (χ1n) is 4.06. The summed E-state index contributed by atoms with van der Waals surface area (Å²) >= 11 is 0. The summed E-state index contributed by atoms with van der Waals surface area (Å²) in [7, 11) is 0. The van der Waals surface area contributed by atoms with Crippen molar-refractivity contribution in [2.24, 2.45) is 5.92 Å². The van der Waals surface area contributed by atoms with Gasteiger partial charge in [0.05, 0.1) is 0 Å². The summed E-state index contributed by atoms with van der Waals surface area (Å²) in [4.78, 5) is 0. The molecule has 0 saturated carbocycles. The van der Waals surface area contributed by atoms with Gasteiger partial charge in [-0.05, 0) is 30.0 Å². The van der Waals surface area contributed by atoms with Crippen molar-refractivity contribution in [3.8, 4) is 5.75 Å². The zero-order chi connectivity index (χ0) is 9.14. The van der Waals surface area contributed by atoms with Gasteiger partial charge in [0.15, 0.2) is 0 Å². The number of phenolic OH excluding ortho intramolecular Hbond substituents is 1. The highest BCUT2D eigenvalue weighted by Gasteiger charge is 2.01. The molecule has 66 valence electrons. The van der Waals surface area contributed by atoms with Crippen molar-refractivity contribution in [3.05, 3.63) is 29.6 Å². The third-order valence-electron chi connectivity index (χ3n) is 1.59. The van der Waals surface area contributed by atoms with Gasteiger partial charge >= 0.3 is 0 Å². The van der Waals surface area contributed by atoms with Gasteiger partial charge in [-0.2, -0.15) is 0 Å². The fraction of sp³-hybridized carbons (Fsp3) is 0.400. The van der Waals surface area contributed by atoms with Crippen LogP contribution in [0.25, 0.3) is 0 Å². The highest BCUT2D eigenvalue weighted by Crippen LogP contribution is 2.17. The van der Waals surface area contributed by atoms with Crippen LogP contribution < -0.4 is 0 Å². The fourth-order valence-corrected chi connectivity index (χ4v) is 1.22. The van der Waals surface area contributed by atoms with Crippen molar-refractivity contribution >= 4 is 0 Å². The first-order chi connectivity index (χ1) is 5.58. The van der Waals surface area contributed by atoms with Crippen LogP contribution in [-0.4, -0.2) is 5.11 Å². The van der Waals surface area contributed by atoms with Crippen molar-refractivity contribution in [1.29, 1.82) is 0 Å². The van der Waals surface area contributed by atoms with E-state index in [4.69, 9.17) is 5.11 Å². The second-order valence-electron chi connectivity index (χ2n) is 3.42. The summed E-state index contributed by atoms with van der Waals surface area (Å²) in [6.07, 6.45) is 0.797. The Hall–Kier alpha value is -1.05. The summed E-state index contributed by atoms with van der Waals surface area (Å²) in [5.41, 5.74) is 0.850. The molecule has 0 amide bonds.